The molecule has 1 N–H and O–H groups in total. The van der Waals surface area contributed by atoms with Crippen molar-refractivity contribution in [3.05, 3.63) is 36.5 Å². The number of carbonyl (C=O) groups is 1. The van der Waals surface area contributed by atoms with E-state index in [1.807, 2.05) is 37.3 Å². The van der Waals surface area contributed by atoms with E-state index in [0.717, 1.165) is 42.3 Å². The van der Waals surface area contributed by atoms with Gasteiger partial charge in [0.25, 0.3) is 0 Å². The number of aromatic nitrogens is 1. The highest BCUT2D eigenvalue weighted by Gasteiger charge is 2.31. The monoisotopic (exact) mass is 313 g/mol. The van der Waals surface area contributed by atoms with Crippen LogP contribution in [0.2, 0.25) is 0 Å². The summed E-state index contributed by atoms with van der Waals surface area (Å²) in [6.45, 7) is 1.96. The second kappa shape index (κ2) is 6.99. The van der Waals surface area contributed by atoms with Gasteiger partial charge in [0.15, 0.2) is 0 Å². The molecule has 0 radical (unpaired) electrons. The second-order valence-corrected chi connectivity index (χ2v) is 6.33. The second-order valence-electron chi connectivity index (χ2n) is 6.33. The summed E-state index contributed by atoms with van der Waals surface area (Å²) in [5.74, 6) is 0.297. The number of hydrogen-bond donors (Lipinski definition) is 1. The molecule has 0 amide bonds. The predicted octanol–water partition coefficient (Wildman–Crippen LogP) is 4.28. The Bertz CT molecular complexity index is 672. The molecule has 23 heavy (non-hydrogen) atoms. The molecule has 2 aromatic rings. The Morgan fingerprint density at radius 2 is 2.00 bits per heavy atom. The van der Waals surface area contributed by atoms with E-state index in [1.54, 1.807) is 6.20 Å². The lowest BCUT2D eigenvalue weighted by atomic mass is 9.78. The molecule has 4 nitrogen and oxygen atoms in total. The lowest BCUT2D eigenvalue weighted by molar-refractivity contribution is -0.144. The van der Waals surface area contributed by atoms with Crippen LogP contribution in [0.3, 0.4) is 0 Å². The first-order valence-electron chi connectivity index (χ1n) is 8.42. The van der Waals surface area contributed by atoms with Gasteiger partial charge < -0.3 is 9.84 Å². The molecule has 0 bridgehead atoms. The van der Waals surface area contributed by atoms with Crippen LogP contribution in [0.25, 0.3) is 10.9 Å². The van der Waals surface area contributed by atoms with E-state index in [-0.39, 0.29) is 17.9 Å². The molecule has 1 saturated carbocycles. The average molecular weight is 313 g/mol. The largest absolute Gasteiger partial charge is 0.490 e. The number of nitrogens with zero attached hydrogens (tertiary/aromatic N) is 1. The van der Waals surface area contributed by atoms with Crippen molar-refractivity contribution in [2.24, 2.45) is 11.8 Å². The third kappa shape index (κ3) is 3.46. The number of carboxylic acids is 1. The number of rotatable bonds is 5. The first-order chi connectivity index (χ1) is 11.2. The van der Waals surface area contributed by atoms with E-state index in [4.69, 9.17) is 4.74 Å². The van der Waals surface area contributed by atoms with Crippen LogP contribution in [0.15, 0.2) is 36.5 Å². The molecule has 3 rings (SSSR count). The fraction of sp³-hybridized carbons (Fsp3) is 0.474. The van der Waals surface area contributed by atoms with Crippen molar-refractivity contribution in [3.8, 4) is 5.75 Å². The molecule has 1 aromatic heterocycles. The number of ether oxygens (including phenoxy) is 1. The molecule has 0 aliphatic heterocycles. The van der Waals surface area contributed by atoms with Crippen molar-refractivity contribution >= 4 is 16.9 Å². The van der Waals surface area contributed by atoms with Gasteiger partial charge in [-0.05, 0) is 56.2 Å². The third-order valence-electron chi connectivity index (χ3n) is 4.95. The molecular weight excluding hydrogens is 290 g/mol. The molecule has 4 heteroatoms. The van der Waals surface area contributed by atoms with Gasteiger partial charge in [-0.3, -0.25) is 9.78 Å². The van der Waals surface area contributed by atoms with Crippen molar-refractivity contribution in [1.29, 1.82) is 0 Å². The molecule has 1 atom stereocenters. The topological polar surface area (TPSA) is 59.4 Å². The molecule has 1 fully saturated rings. The van der Waals surface area contributed by atoms with Crippen molar-refractivity contribution in [1.82, 2.24) is 4.98 Å². The first-order valence-corrected chi connectivity index (χ1v) is 8.42. The number of fused-ring (bicyclic) bond motifs is 1. The normalized spacial score (nSPS) is 22.7. The zero-order chi connectivity index (χ0) is 16.2. The molecule has 1 heterocycles. The zero-order valence-electron chi connectivity index (χ0n) is 13.4. The maximum atomic E-state index is 11.3. The quantitative estimate of drug-likeness (QED) is 0.895. The van der Waals surface area contributed by atoms with Crippen LogP contribution in [0.1, 0.15) is 39.0 Å². The van der Waals surface area contributed by atoms with Crippen molar-refractivity contribution in [3.63, 3.8) is 0 Å². The highest BCUT2D eigenvalue weighted by molar-refractivity contribution is 5.84. The third-order valence-corrected chi connectivity index (χ3v) is 4.95. The van der Waals surface area contributed by atoms with Crippen LogP contribution in [0.5, 0.6) is 5.75 Å². The molecule has 122 valence electrons. The summed E-state index contributed by atoms with van der Waals surface area (Å²) in [7, 11) is 0. The first kappa shape index (κ1) is 15.8. The van der Waals surface area contributed by atoms with E-state index in [0.29, 0.717) is 6.42 Å². The number of benzene rings is 1. The maximum Gasteiger partial charge on any atom is 0.306 e. The highest BCUT2D eigenvalue weighted by Crippen LogP contribution is 2.35. The number of para-hydroxylation sites is 1. The van der Waals surface area contributed by atoms with E-state index < -0.39 is 5.97 Å². The van der Waals surface area contributed by atoms with Gasteiger partial charge in [-0.1, -0.05) is 19.1 Å². The molecule has 0 spiro atoms. The minimum absolute atomic E-state index is 0.170. The van der Waals surface area contributed by atoms with Crippen molar-refractivity contribution < 1.29 is 14.6 Å². The molecule has 0 saturated heterocycles. The molecule has 1 aromatic carbocycles. The smallest absolute Gasteiger partial charge is 0.306 e. The van der Waals surface area contributed by atoms with Gasteiger partial charge in [0, 0.05) is 11.6 Å². The van der Waals surface area contributed by atoms with Crippen LogP contribution < -0.4 is 4.74 Å². The number of carboxylic acid groups (broad SMARTS) is 1. The predicted molar refractivity (Wildman–Crippen MR) is 89.5 cm³/mol. The number of aliphatic carboxylic acids is 1. The van der Waals surface area contributed by atoms with Gasteiger partial charge in [-0.25, -0.2) is 0 Å². The van der Waals surface area contributed by atoms with Gasteiger partial charge >= 0.3 is 5.97 Å². The Labute approximate surface area is 136 Å². The summed E-state index contributed by atoms with van der Waals surface area (Å²) in [5, 5.41) is 10.3. The Morgan fingerprint density at radius 3 is 2.70 bits per heavy atom. The van der Waals surface area contributed by atoms with E-state index in [1.165, 1.54) is 0 Å². The minimum Gasteiger partial charge on any atom is -0.490 e. The van der Waals surface area contributed by atoms with Crippen LogP contribution in [-0.2, 0) is 4.79 Å². The van der Waals surface area contributed by atoms with Crippen LogP contribution in [0.4, 0.5) is 0 Å². The fourth-order valence-corrected chi connectivity index (χ4v) is 3.67. The summed E-state index contributed by atoms with van der Waals surface area (Å²) in [6.07, 6.45) is 6.36. The summed E-state index contributed by atoms with van der Waals surface area (Å²) >= 11 is 0. The molecule has 1 aliphatic rings. The number of pyridine rings is 1. The van der Waals surface area contributed by atoms with Crippen LogP contribution in [-0.4, -0.2) is 22.2 Å². The van der Waals surface area contributed by atoms with Gasteiger partial charge in [0.1, 0.15) is 5.75 Å². The number of hydrogen-bond acceptors (Lipinski definition) is 3. The molecule has 1 unspecified atom stereocenters. The van der Waals surface area contributed by atoms with E-state index in [2.05, 4.69) is 4.98 Å². The highest BCUT2D eigenvalue weighted by atomic mass is 16.5. The van der Waals surface area contributed by atoms with Gasteiger partial charge in [0.2, 0.25) is 0 Å². The maximum absolute atomic E-state index is 11.3. The van der Waals surface area contributed by atoms with Crippen molar-refractivity contribution in [2.75, 3.05) is 0 Å². The summed E-state index contributed by atoms with van der Waals surface area (Å²) in [6, 6.07) is 9.90. The van der Waals surface area contributed by atoms with Gasteiger partial charge in [-0.15, -0.1) is 0 Å². The minimum atomic E-state index is -0.656. The molecular formula is C19H23NO3. The fourth-order valence-electron chi connectivity index (χ4n) is 3.67. The lowest BCUT2D eigenvalue weighted by Crippen LogP contribution is -2.31. The standard InChI is InChI=1S/C19H23NO3/c1-2-15(19(21)22)13-7-9-14(10-8-13)23-18-11-12-20-17-6-4-3-5-16(17)18/h3-6,11-15H,2,7-10H2,1H3,(H,21,22)/t13-,14-,15?. The van der Waals surface area contributed by atoms with Crippen molar-refractivity contribution in [2.45, 2.75) is 45.1 Å². The average Bonchev–Trinajstić information content (AvgIpc) is 2.57. The van der Waals surface area contributed by atoms with Gasteiger partial charge in [0.05, 0.1) is 17.5 Å². The summed E-state index contributed by atoms with van der Waals surface area (Å²) in [5.41, 5.74) is 0.940. The zero-order valence-corrected chi connectivity index (χ0v) is 13.4. The van der Waals surface area contributed by atoms with Gasteiger partial charge in [-0.2, -0.15) is 0 Å². The Hall–Kier alpha value is -2.10. The van der Waals surface area contributed by atoms with E-state index >= 15 is 0 Å². The summed E-state index contributed by atoms with van der Waals surface area (Å²) < 4.78 is 6.20. The van der Waals surface area contributed by atoms with E-state index in [9.17, 15) is 9.90 Å². The van der Waals surface area contributed by atoms with Crippen LogP contribution >= 0.6 is 0 Å². The SMILES string of the molecule is CCC(C(=O)O)[C@H]1CC[C@H](Oc2ccnc3ccccc23)CC1. The molecule has 1 aliphatic carbocycles. The Kier molecular flexibility index (Phi) is 4.79. The Balaban J connectivity index is 1.65. The van der Waals surface area contributed by atoms with Crippen LogP contribution in [0, 0.1) is 11.8 Å². The lowest BCUT2D eigenvalue weighted by Gasteiger charge is -2.32. The summed E-state index contributed by atoms with van der Waals surface area (Å²) in [4.78, 5) is 15.7. The Morgan fingerprint density at radius 1 is 1.26 bits per heavy atom.